The van der Waals surface area contributed by atoms with Crippen LogP contribution in [0.15, 0.2) is 18.2 Å². The van der Waals surface area contributed by atoms with E-state index in [0.29, 0.717) is 16.1 Å². The molecule has 0 aromatic heterocycles. The highest BCUT2D eigenvalue weighted by Gasteiger charge is 2.17. The predicted molar refractivity (Wildman–Crippen MR) is 63.5 cm³/mol. The van der Waals surface area contributed by atoms with Gasteiger partial charge < -0.3 is 5.32 Å². The van der Waals surface area contributed by atoms with E-state index in [-0.39, 0.29) is 11.4 Å². The number of amides is 1. The van der Waals surface area contributed by atoms with E-state index in [2.05, 4.69) is 5.32 Å². The van der Waals surface area contributed by atoms with Crippen molar-refractivity contribution in [3.8, 4) is 0 Å². The van der Waals surface area contributed by atoms with Crippen molar-refractivity contribution in [2.24, 2.45) is 0 Å². The van der Waals surface area contributed by atoms with E-state index in [4.69, 9.17) is 11.6 Å². The Labute approximate surface area is 99.8 Å². The van der Waals surface area contributed by atoms with E-state index in [0.717, 1.165) is 0 Å². The van der Waals surface area contributed by atoms with Crippen LogP contribution >= 0.6 is 11.6 Å². The molecule has 1 rings (SSSR count). The molecular weight excluding hydrogens is 229 g/mol. The Kier molecular flexibility index (Phi) is 3.92. The second kappa shape index (κ2) is 4.83. The zero-order valence-corrected chi connectivity index (χ0v) is 10.4. The first-order chi connectivity index (χ1) is 7.33. The van der Waals surface area contributed by atoms with Crippen LogP contribution in [-0.4, -0.2) is 11.4 Å². The zero-order valence-electron chi connectivity index (χ0n) is 9.60. The van der Waals surface area contributed by atoms with Crippen LogP contribution in [0.4, 0.5) is 4.39 Å². The van der Waals surface area contributed by atoms with E-state index in [1.165, 1.54) is 6.07 Å². The number of nitrogens with one attached hydrogen (secondary N) is 1. The fraction of sp³-hybridized carbons (Fsp3) is 0.417. The van der Waals surface area contributed by atoms with Gasteiger partial charge in [0.05, 0.1) is 0 Å². The van der Waals surface area contributed by atoms with Crippen molar-refractivity contribution < 1.29 is 9.18 Å². The third-order valence-electron chi connectivity index (χ3n) is 1.94. The molecule has 16 heavy (non-hydrogen) atoms. The number of hydrogen-bond acceptors (Lipinski definition) is 1. The van der Waals surface area contributed by atoms with Gasteiger partial charge in [0, 0.05) is 16.1 Å². The van der Waals surface area contributed by atoms with Crippen LogP contribution in [0, 0.1) is 0 Å². The molecule has 0 fully saturated rings. The van der Waals surface area contributed by atoms with E-state index in [1.54, 1.807) is 12.1 Å². The van der Waals surface area contributed by atoms with Gasteiger partial charge in [-0.2, -0.15) is 0 Å². The largest absolute Gasteiger partial charge is 0.347 e. The molecule has 0 aliphatic carbocycles. The van der Waals surface area contributed by atoms with Crippen LogP contribution in [-0.2, 0) is 6.67 Å². The van der Waals surface area contributed by atoms with Gasteiger partial charge in [0.25, 0.3) is 5.91 Å². The zero-order chi connectivity index (χ0) is 12.3. The Bertz CT molecular complexity index is 398. The third-order valence-corrected chi connectivity index (χ3v) is 2.18. The van der Waals surface area contributed by atoms with Gasteiger partial charge >= 0.3 is 0 Å². The van der Waals surface area contributed by atoms with E-state index < -0.39 is 6.67 Å². The number of hydrogen-bond donors (Lipinski definition) is 1. The summed E-state index contributed by atoms with van der Waals surface area (Å²) in [4.78, 5) is 11.8. The molecule has 0 bridgehead atoms. The van der Waals surface area contributed by atoms with Crippen LogP contribution in [0.2, 0.25) is 5.02 Å². The van der Waals surface area contributed by atoms with Gasteiger partial charge in [-0.15, -0.1) is 0 Å². The van der Waals surface area contributed by atoms with Gasteiger partial charge in [-0.25, -0.2) is 4.39 Å². The fourth-order valence-electron chi connectivity index (χ4n) is 1.30. The monoisotopic (exact) mass is 243 g/mol. The maximum atomic E-state index is 12.7. The minimum absolute atomic E-state index is 0.281. The van der Waals surface area contributed by atoms with Gasteiger partial charge in [0.1, 0.15) is 6.67 Å². The Hall–Kier alpha value is -1.09. The molecule has 0 saturated heterocycles. The summed E-state index contributed by atoms with van der Waals surface area (Å²) in [6, 6.07) is 4.59. The summed E-state index contributed by atoms with van der Waals surface area (Å²) >= 11 is 5.73. The maximum Gasteiger partial charge on any atom is 0.252 e. The van der Waals surface area contributed by atoms with Crippen molar-refractivity contribution in [3.05, 3.63) is 34.3 Å². The lowest BCUT2D eigenvalue weighted by atomic mass is 10.0. The summed E-state index contributed by atoms with van der Waals surface area (Å²) in [6.45, 7) is 4.91. The molecule has 0 heterocycles. The Balaban J connectivity index is 2.99. The molecule has 0 spiro atoms. The van der Waals surface area contributed by atoms with Crippen molar-refractivity contribution in [2.45, 2.75) is 33.0 Å². The van der Waals surface area contributed by atoms with Gasteiger partial charge in [-0.3, -0.25) is 4.79 Å². The summed E-state index contributed by atoms with van der Waals surface area (Å²) in [6.07, 6.45) is 0. The van der Waals surface area contributed by atoms with Crippen LogP contribution < -0.4 is 5.32 Å². The summed E-state index contributed by atoms with van der Waals surface area (Å²) in [7, 11) is 0. The standard InChI is InChI=1S/C12H15ClFNO/c1-12(2,3)15-11(16)10-5-4-9(13)6-8(10)7-14/h4-6H,7H2,1-3H3,(H,15,16). The number of benzene rings is 1. The van der Waals surface area contributed by atoms with E-state index in [1.807, 2.05) is 20.8 Å². The molecule has 1 N–H and O–H groups in total. The summed E-state index contributed by atoms with van der Waals surface area (Å²) in [5.74, 6) is -0.281. The van der Waals surface area contributed by atoms with Crippen molar-refractivity contribution in [3.63, 3.8) is 0 Å². The fourth-order valence-corrected chi connectivity index (χ4v) is 1.50. The van der Waals surface area contributed by atoms with Crippen LogP contribution in [0.3, 0.4) is 0 Å². The lowest BCUT2D eigenvalue weighted by molar-refractivity contribution is 0.0918. The first-order valence-corrected chi connectivity index (χ1v) is 5.38. The van der Waals surface area contributed by atoms with Gasteiger partial charge in [-0.1, -0.05) is 11.6 Å². The highest BCUT2D eigenvalue weighted by Crippen LogP contribution is 2.18. The van der Waals surface area contributed by atoms with Crippen molar-refractivity contribution in [2.75, 3.05) is 0 Å². The molecule has 2 nitrogen and oxygen atoms in total. The Morgan fingerprint density at radius 1 is 1.44 bits per heavy atom. The highest BCUT2D eigenvalue weighted by atomic mass is 35.5. The molecule has 0 unspecified atom stereocenters. The molecular formula is C12H15ClFNO. The molecule has 0 atom stereocenters. The molecule has 0 saturated carbocycles. The lowest BCUT2D eigenvalue weighted by Crippen LogP contribution is -2.40. The molecule has 1 aromatic rings. The average Bonchev–Trinajstić information content (AvgIpc) is 2.14. The van der Waals surface area contributed by atoms with Crippen molar-refractivity contribution in [1.82, 2.24) is 5.32 Å². The topological polar surface area (TPSA) is 29.1 Å². The van der Waals surface area contributed by atoms with Crippen LogP contribution in [0.25, 0.3) is 0 Å². The van der Waals surface area contributed by atoms with Crippen LogP contribution in [0.1, 0.15) is 36.7 Å². The minimum Gasteiger partial charge on any atom is -0.347 e. The van der Waals surface area contributed by atoms with E-state index >= 15 is 0 Å². The molecule has 88 valence electrons. The molecule has 4 heteroatoms. The highest BCUT2D eigenvalue weighted by molar-refractivity contribution is 6.30. The number of carbonyl (C=O) groups is 1. The van der Waals surface area contributed by atoms with Gasteiger partial charge in [0.2, 0.25) is 0 Å². The SMILES string of the molecule is CC(C)(C)NC(=O)c1ccc(Cl)cc1CF. The number of carbonyl (C=O) groups excluding carboxylic acids is 1. The summed E-state index contributed by atoms with van der Waals surface area (Å²) in [5, 5.41) is 3.21. The Morgan fingerprint density at radius 3 is 2.56 bits per heavy atom. The van der Waals surface area contributed by atoms with Gasteiger partial charge in [-0.05, 0) is 44.5 Å². The second-order valence-electron chi connectivity index (χ2n) is 4.64. The molecule has 0 radical (unpaired) electrons. The first-order valence-electron chi connectivity index (χ1n) is 5.00. The van der Waals surface area contributed by atoms with Crippen LogP contribution in [0.5, 0.6) is 0 Å². The summed E-state index contributed by atoms with van der Waals surface area (Å²) < 4.78 is 12.7. The van der Waals surface area contributed by atoms with Crippen molar-refractivity contribution in [1.29, 1.82) is 0 Å². The smallest absolute Gasteiger partial charge is 0.252 e. The second-order valence-corrected chi connectivity index (χ2v) is 5.08. The van der Waals surface area contributed by atoms with E-state index in [9.17, 15) is 9.18 Å². The Morgan fingerprint density at radius 2 is 2.06 bits per heavy atom. The number of rotatable bonds is 2. The molecule has 0 aliphatic rings. The molecule has 1 aromatic carbocycles. The third kappa shape index (κ3) is 3.49. The molecule has 0 aliphatic heterocycles. The number of alkyl halides is 1. The first kappa shape index (κ1) is 13.0. The quantitative estimate of drug-likeness (QED) is 0.848. The normalized spacial score (nSPS) is 11.3. The minimum atomic E-state index is -0.701. The maximum absolute atomic E-state index is 12.7. The number of halogens is 2. The molecule has 1 amide bonds. The predicted octanol–water partition coefficient (Wildman–Crippen LogP) is 3.34. The van der Waals surface area contributed by atoms with Crippen molar-refractivity contribution >= 4 is 17.5 Å². The lowest BCUT2D eigenvalue weighted by Gasteiger charge is -2.21. The summed E-state index contributed by atoms with van der Waals surface area (Å²) in [5.41, 5.74) is 0.306. The average molecular weight is 244 g/mol. The van der Waals surface area contributed by atoms with Gasteiger partial charge in [0.15, 0.2) is 0 Å².